The van der Waals surface area contributed by atoms with Gasteiger partial charge in [-0.25, -0.2) is 9.79 Å². The lowest BCUT2D eigenvalue weighted by molar-refractivity contribution is -0.310. The van der Waals surface area contributed by atoms with Gasteiger partial charge < -0.3 is 46.1 Å². The van der Waals surface area contributed by atoms with E-state index in [1.165, 1.54) is 7.11 Å². The number of hydrogen-bond donors (Lipinski definition) is 7. The number of aliphatic hydroxyl groups excluding tert-OH is 4. The highest BCUT2D eigenvalue weighted by Gasteiger charge is 2.75. The zero-order valence-corrected chi connectivity index (χ0v) is 12.2. The average molecular weight is 333 g/mol. The average Bonchev–Trinajstić information content (AvgIpc) is 2.54. The number of carbonyl (C=O) groups is 1. The van der Waals surface area contributed by atoms with Crippen molar-refractivity contribution in [2.75, 3.05) is 13.7 Å². The molecule has 1 unspecified atom stereocenters. The Balaban J connectivity index is 2.23. The van der Waals surface area contributed by atoms with Crippen LogP contribution in [0.3, 0.4) is 0 Å². The van der Waals surface area contributed by atoms with E-state index in [9.17, 15) is 30.3 Å². The standard InChI is InChI=1S/C12H19N3O8/c1-22-8-3-7-11(21,2-16)4(17)5(18)12(3,15-10(13)14-8)6(19)9(20)23-7/h3-8,16-19,21H,2H2,1H3,(H3,13,14,15)/t3-,4-,5+,6-,7-,8-,11-,12?/m1/s1. The molecule has 8 N–H and O–H groups in total. The summed E-state index contributed by atoms with van der Waals surface area (Å²) >= 11 is 0. The highest BCUT2D eigenvalue weighted by Crippen LogP contribution is 2.50. The van der Waals surface area contributed by atoms with Gasteiger partial charge in [-0.05, 0) is 0 Å². The predicted molar refractivity (Wildman–Crippen MR) is 71.7 cm³/mol. The molecule has 11 nitrogen and oxygen atoms in total. The first kappa shape index (κ1) is 16.4. The summed E-state index contributed by atoms with van der Waals surface area (Å²) in [6, 6.07) is 0. The third kappa shape index (κ3) is 1.80. The number of rotatable bonds is 2. The Kier molecular flexibility index (Phi) is 3.55. The molecule has 23 heavy (non-hydrogen) atoms. The molecule has 1 aliphatic carbocycles. The molecule has 0 radical (unpaired) electrons. The van der Waals surface area contributed by atoms with Crippen molar-refractivity contribution >= 4 is 11.9 Å². The molecule has 2 fully saturated rings. The Morgan fingerprint density at radius 2 is 2.04 bits per heavy atom. The summed E-state index contributed by atoms with van der Waals surface area (Å²) in [5.74, 6) is -2.47. The van der Waals surface area contributed by atoms with E-state index in [2.05, 4.69) is 10.3 Å². The van der Waals surface area contributed by atoms with Crippen LogP contribution in [0.15, 0.2) is 4.99 Å². The van der Waals surface area contributed by atoms with Crippen LogP contribution in [0.25, 0.3) is 0 Å². The van der Waals surface area contributed by atoms with Gasteiger partial charge in [0.05, 0.1) is 12.5 Å². The Labute approximate surface area is 130 Å². The number of ether oxygens (including phenoxy) is 2. The fourth-order valence-corrected chi connectivity index (χ4v) is 3.83. The number of nitrogens with one attached hydrogen (secondary N) is 1. The molecule has 8 atom stereocenters. The molecular weight excluding hydrogens is 314 g/mol. The van der Waals surface area contributed by atoms with Crippen LogP contribution < -0.4 is 11.1 Å². The summed E-state index contributed by atoms with van der Waals surface area (Å²) in [4.78, 5) is 16.0. The van der Waals surface area contributed by atoms with Gasteiger partial charge in [0.1, 0.15) is 23.9 Å². The van der Waals surface area contributed by atoms with Crippen LogP contribution in [0, 0.1) is 5.92 Å². The molecule has 1 saturated carbocycles. The van der Waals surface area contributed by atoms with E-state index in [4.69, 9.17) is 15.2 Å². The largest absolute Gasteiger partial charge is 0.457 e. The van der Waals surface area contributed by atoms with Crippen molar-refractivity contribution in [3.63, 3.8) is 0 Å². The fraction of sp³-hybridized carbons (Fsp3) is 0.833. The maximum absolute atomic E-state index is 12.0. The van der Waals surface area contributed by atoms with Crippen molar-refractivity contribution in [3.8, 4) is 0 Å². The van der Waals surface area contributed by atoms with Gasteiger partial charge in [-0.15, -0.1) is 0 Å². The molecular formula is C12H19N3O8. The summed E-state index contributed by atoms with van der Waals surface area (Å²) in [7, 11) is 1.28. The molecule has 1 saturated heterocycles. The summed E-state index contributed by atoms with van der Waals surface area (Å²) in [6.07, 6.45) is -8.27. The van der Waals surface area contributed by atoms with Gasteiger partial charge in [0.25, 0.3) is 0 Å². The lowest BCUT2D eigenvalue weighted by atomic mass is 9.57. The minimum atomic E-state index is -2.36. The molecule has 2 bridgehead atoms. The van der Waals surface area contributed by atoms with Crippen LogP contribution in [0.4, 0.5) is 0 Å². The second-order valence-corrected chi connectivity index (χ2v) is 6.02. The number of aliphatic imine (C=N–C) groups is 1. The minimum Gasteiger partial charge on any atom is -0.457 e. The van der Waals surface area contributed by atoms with E-state index in [1.54, 1.807) is 0 Å². The lowest BCUT2D eigenvalue weighted by Crippen LogP contribution is -2.88. The number of methoxy groups -OCH3 is 1. The number of guanidine groups is 1. The van der Waals surface area contributed by atoms with Crippen LogP contribution in [0.1, 0.15) is 0 Å². The van der Waals surface area contributed by atoms with Crippen LogP contribution in [-0.4, -0.2) is 93.0 Å². The van der Waals surface area contributed by atoms with Crippen LogP contribution in [0.5, 0.6) is 0 Å². The number of nitrogens with zero attached hydrogens (tertiary/aromatic N) is 1. The third-order valence-electron chi connectivity index (χ3n) is 5.00. The predicted octanol–water partition coefficient (Wildman–Crippen LogP) is -5.02. The van der Waals surface area contributed by atoms with Gasteiger partial charge in [-0.1, -0.05) is 0 Å². The Morgan fingerprint density at radius 3 is 2.61 bits per heavy atom. The third-order valence-corrected chi connectivity index (χ3v) is 5.00. The quantitative estimate of drug-likeness (QED) is 0.241. The first-order valence-corrected chi connectivity index (χ1v) is 6.96. The highest BCUT2D eigenvalue weighted by atomic mass is 16.6. The monoisotopic (exact) mass is 333 g/mol. The van der Waals surface area contributed by atoms with Crippen molar-refractivity contribution in [2.45, 2.75) is 41.8 Å². The molecule has 3 aliphatic rings. The highest BCUT2D eigenvalue weighted by molar-refractivity contribution is 5.85. The minimum absolute atomic E-state index is 0.221. The molecule has 0 aromatic rings. The molecule has 2 aliphatic heterocycles. The Bertz CT molecular complexity index is 558. The van der Waals surface area contributed by atoms with E-state index in [0.717, 1.165) is 0 Å². The van der Waals surface area contributed by atoms with Crippen LogP contribution in [-0.2, 0) is 14.3 Å². The van der Waals surface area contributed by atoms with E-state index in [1.807, 2.05) is 0 Å². The molecule has 2 heterocycles. The molecule has 3 rings (SSSR count). The molecule has 0 amide bonds. The summed E-state index contributed by atoms with van der Waals surface area (Å²) < 4.78 is 10.2. The first-order chi connectivity index (χ1) is 10.7. The number of carbonyl (C=O) groups excluding carboxylic acids is 1. The van der Waals surface area contributed by atoms with Crippen molar-refractivity contribution in [2.24, 2.45) is 16.6 Å². The molecule has 0 spiro atoms. The van der Waals surface area contributed by atoms with Crippen LogP contribution in [0.2, 0.25) is 0 Å². The number of hydrogen-bond acceptors (Lipinski definition) is 11. The van der Waals surface area contributed by atoms with Gasteiger partial charge in [-0.2, -0.15) is 0 Å². The van der Waals surface area contributed by atoms with Gasteiger partial charge in [-0.3, -0.25) is 0 Å². The normalized spacial score (nSPS) is 52.1. The maximum atomic E-state index is 12.0. The van der Waals surface area contributed by atoms with Crippen LogP contribution >= 0.6 is 0 Å². The Hall–Kier alpha value is -1.50. The zero-order chi connectivity index (χ0) is 17.2. The second-order valence-electron chi connectivity index (χ2n) is 6.02. The van der Waals surface area contributed by atoms with Gasteiger partial charge in [0.2, 0.25) is 0 Å². The van der Waals surface area contributed by atoms with Gasteiger partial charge in [0.15, 0.2) is 23.9 Å². The van der Waals surface area contributed by atoms with Crippen molar-refractivity contribution in [3.05, 3.63) is 0 Å². The lowest BCUT2D eigenvalue weighted by Gasteiger charge is -2.63. The van der Waals surface area contributed by atoms with E-state index in [0.29, 0.717) is 0 Å². The maximum Gasteiger partial charge on any atom is 0.337 e. The van der Waals surface area contributed by atoms with Gasteiger partial charge >= 0.3 is 5.97 Å². The summed E-state index contributed by atoms with van der Waals surface area (Å²) in [5.41, 5.74) is 1.41. The van der Waals surface area contributed by atoms with E-state index in [-0.39, 0.29) is 5.96 Å². The molecule has 130 valence electrons. The molecule has 0 aromatic carbocycles. The number of nitrogens with two attached hydrogens (primary N) is 1. The summed E-state index contributed by atoms with van der Waals surface area (Å²) in [6.45, 7) is -0.999. The number of aliphatic hydroxyl groups is 5. The van der Waals surface area contributed by atoms with Crippen molar-refractivity contribution in [1.82, 2.24) is 5.32 Å². The fourth-order valence-electron chi connectivity index (χ4n) is 3.83. The second kappa shape index (κ2) is 5.00. The van der Waals surface area contributed by atoms with Crippen molar-refractivity contribution < 1.29 is 39.8 Å². The molecule has 11 heteroatoms. The van der Waals surface area contributed by atoms with Crippen molar-refractivity contribution in [1.29, 1.82) is 0 Å². The topological polar surface area (TPSA) is 187 Å². The first-order valence-electron chi connectivity index (χ1n) is 6.96. The van der Waals surface area contributed by atoms with E-state index >= 15 is 0 Å². The molecule has 0 aromatic heterocycles. The smallest absolute Gasteiger partial charge is 0.337 e. The zero-order valence-electron chi connectivity index (χ0n) is 12.2. The number of esters is 1. The SMILES string of the molecule is CO[C@H]1N=C(N)NC23[C@@H]1[C@@H](OC(=O)[C@H]2O)[C@@](O)(CO)[C@H](O)[C@@H]3O. The van der Waals surface area contributed by atoms with Gasteiger partial charge in [0, 0.05) is 7.11 Å². The summed E-state index contributed by atoms with van der Waals surface area (Å²) in [5, 5.41) is 53.7. The Morgan fingerprint density at radius 1 is 1.39 bits per heavy atom. The van der Waals surface area contributed by atoms with E-state index < -0.39 is 60.3 Å².